The van der Waals surface area contributed by atoms with Gasteiger partial charge in [-0.1, -0.05) is 411 Å². The van der Waals surface area contributed by atoms with Gasteiger partial charge in [0.05, 0.1) is 17.1 Å². The summed E-state index contributed by atoms with van der Waals surface area (Å²) in [5, 5.41) is 15.4. The molecular weight excluding hydrogens is 1570 g/mol. The van der Waals surface area contributed by atoms with Gasteiger partial charge in [0.25, 0.3) is 6.71 Å². The quantitative estimate of drug-likeness (QED) is 0.0841. The number of rotatable bonds is 13. The van der Waals surface area contributed by atoms with Gasteiger partial charge < -0.3 is 14.7 Å². The summed E-state index contributed by atoms with van der Waals surface area (Å²) in [6.07, 6.45) is 0. The summed E-state index contributed by atoms with van der Waals surface area (Å²) in [4.78, 5) is 7.99. The lowest BCUT2D eigenvalue weighted by Gasteiger charge is -2.46. The molecule has 0 unspecified atom stereocenters. The Morgan fingerprint density at radius 1 is 0.200 bits per heavy atom. The monoisotopic (exact) mass is 1670 g/mol. The first-order valence-electron chi connectivity index (χ1n) is 46.2. The molecule has 0 amide bonds. The van der Waals surface area contributed by atoms with Crippen LogP contribution in [0.25, 0.3) is 154 Å². The van der Waals surface area contributed by atoms with Gasteiger partial charge in [-0.3, -0.25) is 0 Å². The molecule has 21 aromatic rings. The van der Waals surface area contributed by atoms with Crippen LogP contribution in [0, 0.1) is 0 Å². The van der Waals surface area contributed by atoms with E-state index in [2.05, 4.69) is 498 Å². The molecule has 0 atom stereocenters. The number of hydrogen-bond donors (Lipinski definition) is 0. The highest BCUT2D eigenvalue weighted by Crippen LogP contribution is 2.57. The summed E-state index contributed by atoms with van der Waals surface area (Å²) < 4.78 is 0. The van der Waals surface area contributed by atoms with Gasteiger partial charge in [0.2, 0.25) is 0 Å². The van der Waals surface area contributed by atoms with Crippen LogP contribution >= 0.6 is 0 Å². The second kappa shape index (κ2) is 30.4. The second-order valence-electron chi connectivity index (χ2n) is 40.4. The van der Waals surface area contributed by atoms with Gasteiger partial charge in [-0.15, -0.1) is 0 Å². The van der Waals surface area contributed by atoms with Gasteiger partial charge in [0.1, 0.15) is 0 Å². The van der Waals surface area contributed by atoms with Crippen LogP contribution in [0.1, 0.15) is 105 Å². The van der Waals surface area contributed by atoms with Crippen molar-refractivity contribution in [3.05, 3.63) is 423 Å². The molecule has 0 aliphatic carbocycles. The van der Waals surface area contributed by atoms with E-state index in [9.17, 15) is 0 Å². The molecule has 2 aliphatic rings. The van der Waals surface area contributed by atoms with Gasteiger partial charge in [0, 0.05) is 56.4 Å². The van der Waals surface area contributed by atoms with Crippen molar-refractivity contribution < 1.29 is 0 Å². The molecule has 130 heavy (non-hydrogen) atoms. The van der Waals surface area contributed by atoms with Crippen LogP contribution in [0.3, 0.4) is 0 Å². The van der Waals surface area contributed by atoms with Crippen LogP contribution in [0.15, 0.2) is 400 Å². The Morgan fingerprint density at radius 2 is 0.477 bits per heavy atom. The Kier molecular flexibility index (Phi) is 18.7. The molecule has 3 nitrogen and oxygen atoms in total. The third-order valence-electron chi connectivity index (χ3n) is 28.0. The molecule has 0 N–H and O–H groups in total. The van der Waals surface area contributed by atoms with Gasteiger partial charge in [-0.25, -0.2) is 0 Å². The van der Waals surface area contributed by atoms with E-state index < -0.39 is 6.71 Å². The van der Waals surface area contributed by atoms with Gasteiger partial charge in [0.15, 0.2) is 0 Å². The fraction of sp³-hybridized carbons (Fsp3) is 0.127. The number of anilines is 9. The average molecular weight is 1670 g/mol. The standard InChI is InChI=1S/C126H102BN3/c1-123(2,3)95-65-89-49-51-91-67-97(125(7,8)9)75-108-106(71-93(69-95)116(89)118(91)108)87-57-63-112-110(73-87)127-111-74-88(107-72-94-70-96(124(4,5)6)66-90-50-52-92-68-98(126(10,11)12)76-109(107)119(92)117(90)94)58-64-113(111)130(122-104(85-41-27-17-28-42-85)47-32-48-105(122)86-43-29-18-30-44-86)115-78-101(77-114(120(115)127)129(112)121-102(83-37-23-15-24-38-83)45-31-46-103(121)84-39-25-16-26-40-84)128(99-59-53-81(54-60-99)79-33-19-13-20-34-79)100-61-55-82(56-62-100)80-35-21-14-22-36-80/h13-78H,1-12H3. The van der Waals surface area contributed by atoms with Crippen molar-refractivity contribution in [3.8, 4) is 89.0 Å². The number of hydrogen-bond acceptors (Lipinski definition) is 3. The maximum absolute atomic E-state index is 2.73. The molecule has 23 rings (SSSR count). The Bertz CT molecular complexity index is 7430. The molecule has 0 radical (unpaired) electrons. The van der Waals surface area contributed by atoms with Gasteiger partial charge in [-0.05, 0) is 264 Å². The van der Waals surface area contributed by atoms with Crippen LogP contribution in [-0.4, -0.2) is 6.71 Å². The zero-order chi connectivity index (χ0) is 88.4. The molecule has 4 heteroatoms. The Balaban J connectivity index is 0.910. The Labute approximate surface area is 764 Å². The van der Waals surface area contributed by atoms with Crippen LogP contribution in [0.4, 0.5) is 51.2 Å². The van der Waals surface area contributed by atoms with Crippen molar-refractivity contribution in [1.82, 2.24) is 0 Å². The van der Waals surface area contributed by atoms with Crippen molar-refractivity contribution in [1.29, 1.82) is 0 Å². The van der Waals surface area contributed by atoms with E-state index in [0.29, 0.717) is 0 Å². The molecule has 0 bridgehead atoms. The predicted molar refractivity (Wildman–Crippen MR) is 561 cm³/mol. The molecule has 0 fully saturated rings. The molecule has 624 valence electrons. The SMILES string of the molecule is CC(C)(C)c1cc2ccc3cc(C(C)(C)C)cc4c(-c5ccc6c(c5)B5c7cc(-c8cc9cc(C(C)(C)C)cc%10ccc%11cc(C(C)(C)C)cc8c%11c%109)ccc7N(c7c(-c8ccccc8)cccc7-c7ccccc7)c7cc(N(c8ccc(-c9ccccc9)cc8)c8ccc(-c9ccccc9)cc8)cc(c75)N6c5c(-c6ccccc6)cccc5-c5ccccc5)cc(c1)c2c34. The Morgan fingerprint density at radius 3 is 0.792 bits per heavy atom. The van der Waals surface area contributed by atoms with Crippen LogP contribution < -0.4 is 31.1 Å². The average Bonchev–Trinajstić information content (AvgIpc) is 0.684. The lowest BCUT2D eigenvalue weighted by molar-refractivity contribution is 0.591. The second-order valence-corrected chi connectivity index (χ2v) is 40.4. The van der Waals surface area contributed by atoms with Crippen molar-refractivity contribution in [2.24, 2.45) is 0 Å². The zero-order valence-corrected chi connectivity index (χ0v) is 76.0. The summed E-state index contributed by atoms with van der Waals surface area (Å²) in [7, 11) is 0. The van der Waals surface area contributed by atoms with Crippen LogP contribution in [0.2, 0.25) is 0 Å². The number of benzene rings is 21. The van der Waals surface area contributed by atoms with E-state index in [-0.39, 0.29) is 21.7 Å². The lowest BCUT2D eigenvalue weighted by atomic mass is 9.33. The largest absolute Gasteiger partial charge is 0.310 e. The first kappa shape index (κ1) is 79.8. The van der Waals surface area contributed by atoms with Crippen molar-refractivity contribution >= 4 is 139 Å². The zero-order valence-electron chi connectivity index (χ0n) is 76.0. The minimum Gasteiger partial charge on any atom is -0.310 e. The maximum Gasteiger partial charge on any atom is 0.252 e. The van der Waals surface area contributed by atoms with Gasteiger partial charge in [-0.2, -0.15) is 0 Å². The van der Waals surface area contributed by atoms with Gasteiger partial charge >= 0.3 is 0 Å². The summed E-state index contributed by atoms with van der Waals surface area (Å²) in [5.74, 6) is 0. The summed E-state index contributed by atoms with van der Waals surface area (Å²) in [6.45, 7) is 28.0. The molecule has 2 heterocycles. The maximum atomic E-state index is 2.73. The summed E-state index contributed by atoms with van der Waals surface area (Å²) >= 11 is 0. The topological polar surface area (TPSA) is 9.72 Å². The fourth-order valence-corrected chi connectivity index (χ4v) is 21.3. The van der Waals surface area contributed by atoms with E-state index in [0.717, 1.165) is 129 Å². The molecule has 0 spiro atoms. The fourth-order valence-electron chi connectivity index (χ4n) is 21.3. The molecule has 0 saturated heterocycles. The van der Waals surface area contributed by atoms with E-state index in [4.69, 9.17) is 0 Å². The third kappa shape index (κ3) is 13.5. The van der Waals surface area contributed by atoms with E-state index in [1.807, 2.05) is 0 Å². The molecular formula is C126H102BN3. The summed E-state index contributed by atoms with van der Waals surface area (Å²) in [5.41, 5.74) is 36.2. The first-order valence-corrected chi connectivity index (χ1v) is 46.2. The predicted octanol–water partition coefficient (Wildman–Crippen LogP) is 33.6. The lowest BCUT2D eigenvalue weighted by Crippen LogP contribution is -2.61. The normalized spacial score (nSPS) is 12.9. The third-order valence-corrected chi connectivity index (χ3v) is 28.0. The minimum absolute atomic E-state index is 0.109. The number of fused-ring (bicyclic) bond motifs is 4. The first-order chi connectivity index (χ1) is 63.0. The smallest absolute Gasteiger partial charge is 0.252 e. The minimum atomic E-state index is -0.407. The number of nitrogens with zero attached hydrogens (tertiary/aromatic N) is 3. The van der Waals surface area contributed by atoms with Crippen LogP contribution in [0.5, 0.6) is 0 Å². The highest BCUT2D eigenvalue weighted by molar-refractivity contribution is 7.00. The van der Waals surface area contributed by atoms with E-state index in [1.54, 1.807) is 0 Å². The van der Waals surface area contributed by atoms with Crippen molar-refractivity contribution in [2.75, 3.05) is 14.7 Å². The van der Waals surface area contributed by atoms with E-state index in [1.165, 1.54) is 114 Å². The van der Waals surface area contributed by atoms with Crippen LogP contribution in [-0.2, 0) is 21.7 Å². The Hall–Kier alpha value is -14.8. The van der Waals surface area contributed by atoms with Crippen molar-refractivity contribution in [2.45, 2.75) is 105 Å². The molecule has 0 aromatic heterocycles. The molecule has 21 aromatic carbocycles. The van der Waals surface area contributed by atoms with Crippen molar-refractivity contribution in [3.63, 3.8) is 0 Å². The summed E-state index contributed by atoms with van der Waals surface area (Å²) in [6, 6.07) is 154. The highest BCUT2D eigenvalue weighted by atomic mass is 15.2. The highest BCUT2D eigenvalue weighted by Gasteiger charge is 2.47. The molecule has 0 saturated carbocycles. The number of para-hydroxylation sites is 2. The van der Waals surface area contributed by atoms with E-state index >= 15 is 0 Å². The molecule has 2 aliphatic heterocycles.